The number of anilines is 3. The standard InChI is InChI=1S/C41H26N2O2/c1-3-13-29(14-4-1)41-42-38-37(45-41)26-35-34-19-9-10-21-36(34)44-40(35)39(38)43(30-16-5-2-6-17-30)31-24-22-28(23-25-31)33-20-11-15-27-12-7-8-18-32(27)33/h1-26H. The zero-order valence-corrected chi connectivity index (χ0v) is 24.2. The molecule has 4 heteroatoms. The van der Waals surface area contributed by atoms with E-state index in [-0.39, 0.29) is 0 Å². The first-order valence-corrected chi connectivity index (χ1v) is 15.1. The van der Waals surface area contributed by atoms with Gasteiger partial charge in [-0.2, -0.15) is 0 Å². The molecule has 0 aliphatic rings. The number of nitrogens with zero attached hydrogens (tertiary/aromatic N) is 2. The van der Waals surface area contributed by atoms with Gasteiger partial charge in [0.15, 0.2) is 11.2 Å². The van der Waals surface area contributed by atoms with Crippen LogP contribution in [0.25, 0.3) is 66.4 Å². The summed E-state index contributed by atoms with van der Waals surface area (Å²) in [5.41, 5.74) is 9.14. The molecule has 7 aromatic carbocycles. The highest BCUT2D eigenvalue weighted by Crippen LogP contribution is 2.47. The SMILES string of the molecule is c1ccc(-c2nc3c(N(c4ccccc4)c4ccc(-c5cccc6ccccc56)cc4)c4oc5ccccc5c4cc3o2)cc1. The molecule has 0 bridgehead atoms. The molecule has 0 unspecified atom stereocenters. The smallest absolute Gasteiger partial charge is 0.227 e. The topological polar surface area (TPSA) is 42.4 Å². The van der Waals surface area contributed by atoms with Crippen molar-refractivity contribution >= 4 is 60.9 Å². The van der Waals surface area contributed by atoms with Gasteiger partial charge < -0.3 is 13.7 Å². The van der Waals surface area contributed by atoms with E-state index in [4.69, 9.17) is 13.8 Å². The molecular weight excluding hydrogens is 552 g/mol. The van der Waals surface area contributed by atoms with Crippen molar-refractivity contribution in [3.8, 4) is 22.6 Å². The highest BCUT2D eigenvalue weighted by atomic mass is 16.4. The van der Waals surface area contributed by atoms with Crippen LogP contribution in [0, 0.1) is 0 Å². The Morgan fingerprint density at radius 1 is 0.467 bits per heavy atom. The molecule has 0 N–H and O–H groups in total. The van der Waals surface area contributed by atoms with E-state index in [1.165, 1.54) is 16.3 Å². The molecule has 0 spiro atoms. The maximum Gasteiger partial charge on any atom is 0.227 e. The largest absolute Gasteiger partial charge is 0.454 e. The van der Waals surface area contributed by atoms with Crippen LogP contribution in [-0.2, 0) is 0 Å². The number of fused-ring (bicyclic) bond motifs is 5. The van der Waals surface area contributed by atoms with E-state index in [0.717, 1.165) is 55.6 Å². The van der Waals surface area contributed by atoms with Crippen LogP contribution in [0.4, 0.5) is 17.1 Å². The van der Waals surface area contributed by atoms with Crippen molar-refractivity contribution in [3.05, 3.63) is 158 Å². The Kier molecular flexibility index (Phi) is 5.78. The van der Waals surface area contributed by atoms with Gasteiger partial charge in [0.25, 0.3) is 0 Å². The number of hydrogen-bond acceptors (Lipinski definition) is 4. The Balaban J connectivity index is 1.31. The highest BCUT2D eigenvalue weighted by Gasteiger charge is 2.26. The minimum Gasteiger partial charge on any atom is -0.454 e. The fourth-order valence-electron chi connectivity index (χ4n) is 6.39. The lowest BCUT2D eigenvalue weighted by molar-refractivity contribution is 0.620. The molecule has 45 heavy (non-hydrogen) atoms. The van der Waals surface area contributed by atoms with Crippen LogP contribution >= 0.6 is 0 Å². The predicted octanol–water partition coefficient (Wildman–Crippen LogP) is 11.7. The highest BCUT2D eigenvalue weighted by molar-refractivity contribution is 6.17. The van der Waals surface area contributed by atoms with E-state index in [0.29, 0.717) is 11.5 Å². The molecule has 9 aromatic rings. The van der Waals surface area contributed by atoms with Gasteiger partial charge in [-0.1, -0.05) is 109 Å². The van der Waals surface area contributed by atoms with Gasteiger partial charge in [0.1, 0.15) is 16.8 Å². The maximum atomic E-state index is 6.65. The van der Waals surface area contributed by atoms with Crippen LogP contribution in [0.2, 0.25) is 0 Å². The van der Waals surface area contributed by atoms with E-state index in [1.807, 2.05) is 54.6 Å². The lowest BCUT2D eigenvalue weighted by Crippen LogP contribution is -2.11. The second-order valence-electron chi connectivity index (χ2n) is 11.2. The average Bonchev–Trinajstić information content (AvgIpc) is 3.71. The van der Waals surface area contributed by atoms with Gasteiger partial charge in [-0.25, -0.2) is 4.98 Å². The number of aromatic nitrogens is 1. The van der Waals surface area contributed by atoms with Crippen LogP contribution in [-0.4, -0.2) is 4.98 Å². The number of rotatable bonds is 5. The van der Waals surface area contributed by atoms with Gasteiger partial charge in [-0.15, -0.1) is 0 Å². The van der Waals surface area contributed by atoms with Crippen molar-refractivity contribution in [2.45, 2.75) is 0 Å². The van der Waals surface area contributed by atoms with Gasteiger partial charge >= 0.3 is 0 Å². The van der Waals surface area contributed by atoms with E-state index >= 15 is 0 Å². The summed E-state index contributed by atoms with van der Waals surface area (Å²) in [5, 5.41) is 4.48. The van der Waals surface area contributed by atoms with Crippen LogP contribution in [0.3, 0.4) is 0 Å². The summed E-state index contributed by atoms with van der Waals surface area (Å²) in [4.78, 5) is 7.34. The van der Waals surface area contributed by atoms with Crippen molar-refractivity contribution < 1.29 is 8.83 Å². The fourth-order valence-corrected chi connectivity index (χ4v) is 6.39. The summed E-state index contributed by atoms with van der Waals surface area (Å²) in [7, 11) is 0. The molecular formula is C41H26N2O2. The first kappa shape index (κ1) is 25.4. The molecule has 0 atom stereocenters. The Morgan fingerprint density at radius 3 is 1.96 bits per heavy atom. The van der Waals surface area contributed by atoms with Gasteiger partial charge in [0.05, 0.1) is 0 Å². The zero-order valence-electron chi connectivity index (χ0n) is 24.2. The molecule has 0 saturated carbocycles. The lowest BCUT2D eigenvalue weighted by atomic mass is 9.98. The number of hydrogen-bond donors (Lipinski definition) is 0. The second kappa shape index (κ2) is 10.2. The Morgan fingerprint density at radius 2 is 1.13 bits per heavy atom. The van der Waals surface area contributed by atoms with Crippen molar-refractivity contribution in [1.29, 1.82) is 0 Å². The van der Waals surface area contributed by atoms with Gasteiger partial charge in [-0.05, 0) is 70.4 Å². The first-order valence-electron chi connectivity index (χ1n) is 15.1. The molecule has 9 rings (SSSR count). The molecule has 212 valence electrons. The molecule has 2 heterocycles. The summed E-state index contributed by atoms with van der Waals surface area (Å²) >= 11 is 0. The van der Waals surface area contributed by atoms with E-state index in [2.05, 4.69) is 108 Å². The number of furan rings is 1. The van der Waals surface area contributed by atoms with Crippen molar-refractivity contribution in [2.75, 3.05) is 4.90 Å². The van der Waals surface area contributed by atoms with Crippen LogP contribution in [0.15, 0.2) is 167 Å². The van der Waals surface area contributed by atoms with Crippen LogP contribution < -0.4 is 4.90 Å². The molecule has 0 aliphatic carbocycles. The molecule has 0 amide bonds. The van der Waals surface area contributed by atoms with Gasteiger partial charge in [-0.3, -0.25) is 0 Å². The van der Waals surface area contributed by atoms with E-state index < -0.39 is 0 Å². The monoisotopic (exact) mass is 578 g/mol. The molecule has 0 aliphatic heterocycles. The molecule has 0 radical (unpaired) electrons. The molecule has 0 saturated heterocycles. The average molecular weight is 579 g/mol. The minimum absolute atomic E-state index is 0.572. The van der Waals surface area contributed by atoms with Gasteiger partial charge in [0, 0.05) is 27.7 Å². The van der Waals surface area contributed by atoms with E-state index in [9.17, 15) is 0 Å². The zero-order chi connectivity index (χ0) is 29.7. The van der Waals surface area contributed by atoms with Crippen LogP contribution in [0.5, 0.6) is 0 Å². The van der Waals surface area contributed by atoms with Crippen molar-refractivity contribution in [3.63, 3.8) is 0 Å². The van der Waals surface area contributed by atoms with Gasteiger partial charge in [0.2, 0.25) is 5.89 Å². The summed E-state index contributed by atoms with van der Waals surface area (Å²) in [6.07, 6.45) is 0. The number of para-hydroxylation sites is 2. The molecule has 0 fully saturated rings. The fraction of sp³-hybridized carbons (Fsp3) is 0. The third-order valence-corrected chi connectivity index (χ3v) is 8.49. The maximum absolute atomic E-state index is 6.65. The Labute approximate surface area is 259 Å². The summed E-state index contributed by atoms with van der Waals surface area (Å²) < 4.78 is 13.1. The van der Waals surface area contributed by atoms with E-state index in [1.54, 1.807) is 0 Å². The first-order chi connectivity index (χ1) is 22.3. The number of oxazole rings is 1. The summed E-state index contributed by atoms with van der Waals surface area (Å²) in [6, 6.07) is 54.3. The van der Waals surface area contributed by atoms with Crippen molar-refractivity contribution in [1.82, 2.24) is 4.98 Å². The van der Waals surface area contributed by atoms with Crippen molar-refractivity contribution in [2.24, 2.45) is 0 Å². The molecule has 2 aromatic heterocycles. The normalized spacial score (nSPS) is 11.6. The third kappa shape index (κ3) is 4.19. The van der Waals surface area contributed by atoms with Crippen LogP contribution in [0.1, 0.15) is 0 Å². The quantitative estimate of drug-likeness (QED) is 0.204. The second-order valence-corrected chi connectivity index (χ2v) is 11.2. The Bertz CT molecular complexity index is 2470. The number of benzene rings is 7. The summed E-state index contributed by atoms with van der Waals surface area (Å²) in [6.45, 7) is 0. The third-order valence-electron chi connectivity index (χ3n) is 8.49. The lowest BCUT2D eigenvalue weighted by Gasteiger charge is -2.26. The Hall–Kier alpha value is -6.13. The summed E-state index contributed by atoms with van der Waals surface area (Å²) in [5.74, 6) is 0.572. The molecule has 4 nitrogen and oxygen atoms in total. The predicted molar refractivity (Wildman–Crippen MR) is 184 cm³/mol. The minimum atomic E-state index is 0.572.